The molecule has 0 bridgehead atoms. The second-order valence-corrected chi connectivity index (χ2v) is 5.58. The first-order valence-corrected chi connectivity index (χ1v) is 7.98. The van der Waals surface area contributed by atoms with Crippen LogP contribution in [-0.2, 0) is 0 Å². The van der Waals surface area contributed by atoms with Crippen LogP contribution < -0.4 is 5.73 Å². The third-order valence-corrected chi connectivity index (χ3v) is 4.22. The molecule has 1 aliphatic rings. The van der Waals surface area contributed by atoms with E-state index in [0.29, 0.717) is 0 Å². The van der Waals surface area contributed by atoms with E-state index in [1.54, 1.807) is 0 Å². The molecule has 0 amide bonds. The van der Waals surface area contributed by atoms with Crippen LogP contribution in [0.25, 0.3) is 0 Å². The fraction of sp³-hybridized carbons (Fsp3) is 1.00. The van der Waals surface area contributed by atoms with Crippen LogP contribution >= 0.6 is 0 Å². The molecule has 1 fully saturated rings. The molecule has 1 aliphatic heterocycles. The molecular weight excluding hydrogens is 222 g/mol. The van der Waals surface area contributed by atoms with Gasteiger partial charge in [0.05, 0.1) is 0 Å². The molecule has 3 nitrogen and oxygen atoms in total. The lowest BCUT2D eigenvalue weighted by atomic mass is 10.1. The molecule has 108 valence electrons. The zero-order valence-corrected chi connectivity index (χ0v) is 12.5. The van der Waals surface area contributed by atoms with Crippen molar-refractivity contribution in [3.8, 4) is 0 Å². The Morgan fingerprint density at radius 3 is 2.28 bits per heavy atom. The molecule has 0 aromatic carbocycles. The number of hydrogen-bond acceptors (Lipinski definition) is 3. The average molecular weight is 255 g/mol. The Hall–Kier alpha value is -0.120. The molecule has 0 aromatic heterocycles. The molecular formula is C15H33N3. The molecule has 1 heterocycles. The number of unbranched alkanes of at least 4 members (excludes halogenated alkanes) is 3. The van der Waals surface area contributed by atoms with E-state index in [-0.39, 0.29) is 0 Å². The van der Waals surface area contributed by atoms with Gasteiger partial charge in [-0.05, 0) is 32.4 Å². The number of piperazine rings is 1. The van der Waals surface area contributed by atoms with Gasteiger partial charge in [-0.25, -0.2) is 0 Å². The fourth-order valence-corrected chi connectivity index (χ4v) is 2.95. The minimum absolute atomic E-state index is 0.720. The molecule has 2 N–H and O–H groups in total. The summed E-state index contributed by atoms with van der Waals surface area (Å²) < 4.78 is 0. The van der Waals surface area contributed by atoms with Gasteiger partial charge in [0.15, 0.2) is 0 Å². The fourth-order valence-electron chi connectivity index (χ4n) is 2.95. The van der Waals surface area contributed by atoms with Gasteiger partial charge in [0.1, 0.15) is 0 Å². The van der Waals surface area contributed by atoms with Crippen LogP contribution in [0.1, 0.15) is 52.4 Å². The van der Waals surface area contributed by atoms with E-state index < -0.39 is 0 Å². The molecule has 1 saturated heterocycles. The highest BCUT2D eigenvalue weighted by atomic mass is 15.3. The van der Waals surface area contributed by atoms with Gasteiger partial charge >= 0.3 is 0 Å². The zero-order valence-electron chi connectivity index (χ0n) is 12.5. The predicted molar refractivity (Wildman–Crippen MR) is 79.9 cm³/mol. The predicted octanol–water partition coefficient (Wildman–Crippen LogP) is 2.31. The summed E-state index contributed by atoms with van der Waals surface area (Å²) in [5.41, 5.74) is 5.70. The van der Waals surface area contributed by atoms with Gasteiger partial charge in [0, 0.05) is 32.2 Å². The van der Waals surface area contributed by atoms with Gasteiger partial charge in [0.2, 0.25) is 0 Å². The first kappa shape index (κ1) is 15.9. The number of nitrogens with two attached hydrogens (primary N) is 1. The maximum Gasteiger partial charge on any atom is 0.0113 e. The smallest absolute Gasteiger partial charge is 0.0113 e. The van der Waals surface area contributed by atoms with Crippen molar-refractivity contribution < 1.29 is 0 Å². The number of hydrogen-bond donors (Lipinski definition) is 1. The van der Waals surface area contributed by atoms with Crippen LogP contribution in [0.4, 0.5) is 0 Å². The lowest BCUT2D eigenvalue weighted by Crippen LogP contribution is -2.50. The standard InChI is InChI=1S/C15H33N3/c1-3-5-6-7-10-17-11-13-18(14-12-17)15(4-2)8-9-16/h15H,3-14,16H2,1-2H3. The summed E-state index contributed by atoms with van der Waals surface area (Å²) in [6, 6.07) is 0.720. The van der Waals surface area contributed by atoms with E-state index in [1.165, 1.54) is 64.8 Å². The highest BCUT2D eigenvalue weighted by Crippen LogP contribution is 2.12. The normalized spacial score (nSPS) is 20.2. The first-order chi connectivity index (χ1) is 8.81. The van der Waals surface area contributed by atoms with Crippen molar-refractivity contribution >= 4 is 0 Å². The van der Waals surface area contributed by atoms with E-state index in [4.69, 9.17) is 5.73 Å². The van der Waals surface area contributed by atoms with Crippen LogP contribution in [0.15, 0.2) is 0 Å². The molecule has 18 heavy (non-hydrogen) atoms. The molecule has 0 spiro atoms. The first-order valence-electron chi connectivity index (χ1n) is 7.98. The van der Waals surface area contributed by atoms with E-state index in [9.17, 15) is 0 Å². The molecule has 3 heteroatoms. The summed E-state index contributed by atoms with van der Waals surface area (Å²) in [7, 11) is 0. The van der Waals surface area contributed by atoms with Crippen molar-refractivity contribution in [3.05, 3.63) is 0 Å². The maximum atomic E-state index is 5.70. The van der Waals surface area contributed by atoms with Gasteiger partial charge in [-0.1, -0.05) is 33.1 Å². The molecule has 1 rings (SSSR count). The summed E-state index contributed by atoms with van der Waals surface area (Å²) >= 11 is 0. The summed E-state index contributed by atoms with van der Waals surface area (Å²) in [5, 5.41) is 0. The van der Waals surface area contributed by atoms with E-state index >= 15 is 0 Å². The van der Waals surface area contributed by atoms with Crippen LogP contribution in [0.5, 0.6) is 0 Å². The third kappa shape index (κ3) is 5.68. The summed E-state index contributed by atoms with van der Waals surface area (Å²) in [6.45, 7) is 11.7. The molecule has 0 radical (unpaired) electrons. The highest BCUT2D eigenvalue weighted by molar-refractivity contribution is 4.78. The average Bonchev–Trinajstić information content (AvgIpc) is 2.42. The summed E-state index contributed by atoms with van der Waals surface area (Å²) in [4.78, 5) is 5.29. The molecule has 1 atom stereocenters. The quantitative estimate of drug-likeness (QED) is 0.642. The Balaban J connectivity index is 2.15. The van der Waals surface area contributed by atoms with Crippen molar-refractivity contribution in [2.24, 2.45) is 5.73 Å². The number of rotatable bonds is 9. The second-order valence-electron chi connectivity index (χ2n) is 5.58. The van der Waals surface area contributed by atoms with Gasteiger partial charge < -0.3 is 10.6 Å². The van der Waals surface area contributed by atoms with Crippen molar-refractivity contribution in [1.29, 1.82) is 0 Å². The minimum atomic E-state index is 0.720. The topological polar surface area (TPSA) is 32.5 Å². The SMILES string of the molecule is CCCCCCN1CCN(C(CC)CCN)CC1. The van der Waals surface area contributed by atoms with E-state index in [0.717, 1.165) is 19.0 Å². The van der Waals surface area contributed by atoms with Crippen LogP contribution in [0.2, 0.25) is 0 Å². The Bertz CT molecular complexity index is 188. The monoisotopic (exact) mass is 255 g/mol. The Morgan fingerprint density at radius 2 is 1.72 bits per heavy atom. The van der Waals surface area contributed by atoms with Crippen LogP contribution in [-0.4, -0.2) is 55.1 Å². The zero-order chi connectivity index (χ0) is 13.2. The summed E-state index contributed by atoms with van der Waals surface area (Å²) in [5.74, 6) is 0. The van der Waals surface area contributed by atoms with Gasteiger partial charge in [-0.3, -0.25) is 4.90 Å². The van der Waals surface area contributed by atoms with Crippen molar-refractivity contribution in [2.75, 3.05) is 39.3 Å². The molecule has 0 saturated carbocycles. The maximum absolute atomic E-state index is 5.70. The van der Waals surface area contributed by atoms with Crippen LogP contribution in [0, 0.1) is 0 Å². The third-order valence-electron chi connectivity index (χ3n) is 4.22. The number of nitrogens with zero attached hydrogens (tertiary/aromatic N) is 2. The van der Waals surface area contributed by atoms with Gasteiger partial charge in [-0.2, -0.15) is 0 Å². The highest BCUT2D eigenvalue weighted by Gasteiger charge is 2.21. The Labute approximate surface area is 114 Å². The molecule has 0 aliphatic carbocycles. The summed E-state index contributed by atoms with van der Waals surface area (Å²) in [6.07, 6.45) is 7.93. The largest absolute Gasteiger partial charge is 0.330 e. The van der Waals surface area contributed by atoms with Gasteiger partial charge in [-0.15, -0.1) is 0 Å². The van der Waals surface area contributed by atoms with E-state index in [1.807, 2.05) is 0 Å². The Kier molecular flexibility index (Phi) is 8.64. The minimum Gasteiger partial charge on any atom is -0.330 e. The van der Waals surface area contributed by atoms with Crippen molar-refractivity contribution in [3.63, 3.8) is 0 Å². The van der Waals surface area contributed by atoms with Crippen molar-refractivity contribution in [2.45, 2.75) is 58.4 Å². The van der Waals surface area contributed by atoms with Gasteiger partial charge in [0.25, 0.3) is 0 Å². The lowest BCUT2D eigenvalue weighted by molar-refractivity contribution is 0.0900. The van der Waals surface area contributed by atoms with Crippen molar-refractivity contribution in [1.82, 2.24) is 9.80 Å². The van der Waals surface area contributed by atoms with Crippen LogP contribution in [0.3, 0.4) is 0 Å². The lowest BCUT2D eigenvalue weighted by Gasteiger charge is -2.39. The molecule has 1 unspecified atom stereocenters. The Morgan fingerprint density at radius 1 is 1.00 bits per heavy atom. The van der Waals surface area contributed by atoms with E-state index in [2.05, 4.69) is 23.6 Å². The second kappa shape index (κ2) is 9.76. The molecule has 0 aromatic rings.